The van der Waals surface area contributed by atoms with Gasteiger partial charge >= 0.3 is 0 Å². The van der Waals surface area contributed by atoms with Crippen molar-refractivity contribution in [3.8, 4) is 5.75 Å². The summed E-state index contributed by atoms with van der Waals surface area (Å²) in [7, 11) is 0. The Labute approximate surface area is 85.5 Å². The van der Waals surface area contributed by atoms with Crippen LogP contribution in [0.15, 0.2) is 24.3 Å². The molecule has 78 valence electrons. The number of phenols is 1. The summed E-state index contributed by atoms with van der Waals surface area (Å²) < 4.78 is 5.53. The molecule has 0 heterocycles. The molecule has 1 aromatic rings. The van der Waals surface area contributed by atoms with Gasteiger partial charge in [0, 0.05) is 12.5 Å². The van der Waals surface area contributed by atoms with Crippen molar-refractivity contribution in [1.29, 1.82) is 0 Å². The first kappa shape index (κ1) is 11.1. The van der Waals surface area contributed by atoms with Crippen LogP contribution in [-0.4, -0.2) is 17.8 Å². The molecule has 2 atom stereocenters. The van der Waals surface area contributed by atoms with Gasteiger partial charge in [-0.25, -0.2) is 0 Å². The van der Waals surface area contributed by atoms with Gasteiger partial charge in [-0.1, -0.05) is 19.1 Å². The Hall–Kier alpha value is -1.02. The second-order valence-electron chi connectivity index (χ2n) is 3.54. The van der Waals surface area contributed by atoms with Crippen molar-refractivity contribution in [3.63, 3.8) is 0 Å². The highest BCUT2D eigenvalue weighted by Gasteiger charge is 2.13. The van der Waals surface area contributed by atoms with Gasteiger partial charge in [0.25, 0.3) is 0 Å². The standard InChI is InChI=1S/C12H18O2/c1-4-14-10(3)9(2)11-5-7-12(13)8-6-11/h5-10,13H,4H2,1-3H3. The van der Waals surface area contributed by atoms with Crippen LogP contribution in [0.3, 0.4) is 0 Å². The SMILES string of the molecule is CCOC(C)C(C)c1ccc(O)cc1. The summed E-state index contributed by atoms with van der Waals surface area (Å²) in [6, 6.07) is 7.31. The molecule has 2 heteroatoms. The van der Waals surface area contributed by atoms with E-state index in [9.17, 15) is 0 Å². The zero-order valence-electron chi connectivity index (χ0n) is 9.03. The van der Waals surface area contributed by atoms with Crippen LogP contribution < -0.4 is 0 Å². The first-order chi connectivity index (χ1) is 6.65. The van der Waals surface area contributed by atoms with E-state index in [1.807, 2.05) is 19.1 Å². The number of hydrogen-bond acceptors (Lipinski definition) is 2. The third-order valence-corrected chi connectivity index (χ3v) is 2.55. The van der Waals surface area contributed by atoms with E-state index in [0.29, 0.717) is 11.7 Å². The molecule has 0 aliphatic rings. The molecule has 1 rings (SSSR count). The molecule has 1 N–H and O–H groups in total. The number of phenolic OH excluding ortho intramolecular Hbond substituents is 1. The summed E-state index contributed by atoms with van der Waals surface area (Å²) in [5, 5.41) is 9.15. The summed E-state index contributed by atoms with van der Waals surface area (Å²) in [4.78, 5) is 0. The van der Waals surface area contributed by atoms with Crippen LogP contribution >= 0.6 is 0 Å². The second kappa shape index (κ2) is 5.01. The Bertz CT molecular complexity index is 266. The van der Waals surface area contributed by atoms with Gasteiger partial charge in [-0.15, -0.1) is 0 Å². The topological polar surface area (TPSA) is 29.5 Å². The van der Waals surface area contributed by atoms with Crippen molar-refractivity contribution in [3.05, 3.63) is 29.8 Å². The molecule has 0 aliphatic carbocycles. The average molecular weight is 194 g/mol. The lowest BCUT2D eigenvalue weighted by Crippen LogP contribution is -2.16. The van der Waals surface area contributed by atoms with Crippen molar-refractivity contribution in [2.75, 3.05) is 6.61 Å². The Balaban J connectivity index is 2.68. The zero-order chi connectivity index (χ0) is 10.6. The van der Waals surface area contributed by atoms with E-state index in [2.05, 4.69) is 13.8 Å². The summed E-state index contributed by atoms with van der Waals surface area (Å²) in [6.45, 7) is 6.94. The van der Waals surface area contributed by atoms with E-state index in [1.165, 1.54) is 5.56 Å². The highest BCUT2D eigenvalue weighted by molar-refractivity contribution is 5.28. The van der Waals surface area contributed by atoms with Crippen LogP contribution in [-0.2, 0) is 4.74 Å². The van der Waals surface area contributed by atoms with Crippen LogP contribution in [0, 0.1) is 0 Å². The quantitative estimate of drug-likeness (QED) is 0.798. The predicted octanol–water partition coefficient (Wildman–Crippen LogP) is 2.92. The van der Waals surface area contributed by atoms with Gasteiger partial charge in [0.15, 0.2) is 0 Å². The summed E-state index contributed by atoms with van der Waals surface area (Å²) in [5.74, 6) is 0.667. The van der Waals surface area contributed by atoms with Crippen LogP contribution in [0.4, 0.5) is 0 Å². The number of hydrogen-bond donors (Lipinski definition) is 1. The lowest BCUT2D eigenvalue weighted by Gasteiger charge is -2.20. The van der Waals surface area contributed by atoms with Crippen molar-refractivity contribution in [2.24, 2.45) is 0 Å². The lowest BCUT2D eigenvalue weighted by molar-refractivity contribution is 0.0603. The first-order valence-electron chi connectivity index (χ1n) is 5.05. The van der Waals surface area contributed by atoms with E-state index < -0.39 is 0 Å². The van der Waals surface area contributed by atoms with Gasteiger partial charge in [0.2, 0.25) is 0 Å². The first-order valence-corrected chi connectivity index (χ1v) is 5.05. The fourth-order valence-corrected chi connectivity index (χ4v) is 1.46. The molecule has 1 aromatic carbocycles. The van der Waals surface area contributed by atoms with E-state index in [-0.39, 0.29) is 6.10 Å². The molecule has 0 aromatic heterocycles. The largest absolute Gasteiger partial charge is 0.508 e. The Morgan fingerprint density at radius 3 is 2.29 bits per heavy atom. The molecule has 0 saturated carbocycles. The zero-order valence-corrected chi connectivity index (χ0v) is 9.03. The maximum absolute atomic E-state index is 9.15. The van der Waals surface area contributed by atoms with Gasteiger partial charge in [-0.05, 0) is 31.5 Å². The van der Waals surface area contributed by atoms with Gasteiger partial charge in [-0.2, -0.15) is 0 Å². The normalized spacial score (nSPS) is 15.1. The summed E-state index contributed by atoms with van der Waals surface area (Å²) in [6.07, 6.45) is 0.213. The van der Waals surface area contributed by atoms with Crippen LogP contribution in [0.2, 0.25) is 0 Å². The van der Waals surface area contributed by atoms with Crippen molar-refractivity contribution in [1.82, 2.24) is 0 Å². The summed E-state index contributed by atoms with van der Waals surface area (Å²) in [5.41, 5.74) is 1.20. The molecular formula is C12H18O2. The van der Waals surface area contributed by atoms with E-state index in [4.69, 9.17) is 9.84 Å². The van der Waals surface area contributed by atoms with Gasteiger partial charge in [0.05, 0.1) is 6.10 Å². The van der Waals surface area contributed by atoms with Gasteiger partial charge in [0.1, 0.15) is 5.75 Å². The van der Waals surface area contributed by atoms with Crippen LogP contribution in [0.25, 0.3) is 0 Å². The average Bonchev–Trinajstić information content (AvgIpc) is 2.18. The monoisotopic (exact) mass is 194 g/mol. The minimum absolute atomic E-state index is 0.213. The second-order valence-corrected chi connectivity index (χ2v) is 3.54. The van der Waals surface area contributed by atoms with Gasteiger partial charge in [-0.3, -0.25) is 0 Å². The molecule has 0 fully saturated rings. The van der Waals surface area contributed by atoms with Crippen molar-refractivity contribution >= 4 is 0 Å². The fraction of sp³-hybridized carbons (Fsp3) is 0.500. The number of rotatable bonds is 4. The van der Waals surface area contributed by atoms with Crippen molar-refractivity contribution in [2.45, 2.75) is 32.8 Å². The van der Waals surface area contributed by atoms with Crippen LogP contribution in [0.1, 0.15) is 32.3 Å². The molecule has 0 saturated heterocycles. The summed E-state index contributed by atoms with van der Waals surface area (Å²) >= 11 is 0. The molecule has 0 radical (unpaired) electrons. The molecule has 2 nitrogen and oxygen atoms in total. The third kappa shape index (κ3) is 2.74. The van der Waals surface area contributed by atoms with Gasteiger partial charge < -0.3 is 9.84 Å². The predicted molar refractivity (Wildman–Crippen MR) is 57.6 cm³/mol. The van der Waals surface area contributed by atoms with E-state index in [1.54, 1.807) is 12.1 Å². The highest BCUT2D eigenvalue weighted by atomic mass is 16.5. The molecule has 2 unspecified atom stereocenters. The number of benzene rings is 1. The number of aromatic hydroxyl groups is 1. The van der Waals surface area contributed by atoms with E-state index >= 15 is 0 Å². The molecule has 0 bridgehead atoms. The number of ether oxygens (including phenoxy) is 1. The molecule has 0 spiro atoms. The highest BCUT2D eigenvalue weighted by Crippen LogP contribution is 2.22. The molecule has 0 aliphatic heterocycles. The van der Waals surface area contributed by atoms with Crippen LogP contribution in [0.5, 0.6) is 5.75 Å². The minimum Gasteiger partial charge on any atom is -0.508 e. The smallest absolute Gasteiger partial charge is 0.115 e. The van der Waals surface area contributed by atoms with Crippen molar-refractivity contribution < 1.29 is 9.84 Å². The van der Waals surface area contributed by atoms with E-state index in [0.717, 1.165) is 6.61 Å². The Morgan fingerprint density at radius 1 is 1.21 bits per heavy atom. The molecule has 0 amide bonds. The molecular weight excluding hydrogens is 176 g/mol. The minimum atomic E-state index is 0.213. The maximum atomic E-state index is 9.15. The lowest BCUT2D eigenvalue weighted by atomic mass is 9.96. The molecule has 14 heavy (non-hydrogen) atoms. The third-order valence-electron chi connectivity index (χ3n) is 2.55. The Kier molecular flexibility index (Phi) is 3.96. The fourth-order valence-electron chi connectivity index (χ4n) is 1.46. The maximum Gasteiger partial charge on any atom is 0.115 e. The Morgan fingerprint density at radius 2 is 1.79 bits per heavy atom.